The van der Waals surface area contributed by atoms with Gasteiger partial charge in [0, 0.05) is 61.4 Å². The molecule has 18 aromatic rings. The lowest BCUT2D eigenvalue weighted by atomic mass is 9.33. The Kier molecular flexibility index (Phi) is 11.7. The van der Waals surface area contributed by atoms with Crippen LogP contribution >= 0.6 is 0 Å². The van der Waals surface area contributed by atoms with Gasteiger partial charge in [-0.25, -0.2) is 0 Å². The maximum Gasteiger partial charge on any atom is 0.252 e. The summed E-state index contributed by atoms with van der Waals surface area (Å²) in [6.07, 6.45) is 0. The van der Waals surface area contributed by atoms with Gasteiger partial charge in [0.15, 0.2) is 0 Å². The molecule has 0 N–H and O–H groups in total. The maximum absolute atomic E-state index is 2.66. The van der Waals surface area contributed by atoms with Crippen LogP contribution < -0.4 is 26.2 Å². The van der Waals surface area contributed by atoms with E-state index in [9.17, 15) is 0 Å². The summed E-state index contributed by atoms with van der Waals surface area (Å²) >= 11 is 0. The standard InChI is InChI=1S/C92H67BN4/c1-91(2,3)58-37-46-84-78(49-58)79-50-59(92(4,5)6)38-47-85(79)97(84)63-54-88-90-89(55-63)96(61-40-43-73-69-29-13-11-25-65(69)67-27-15-17-31-71(67)77(73)52-61)87-53-62(94-82-34-20-18-32-74(82)75-33-19-21-35-83(75)94)41-44-80(87)93(90)81-48-57(56-22-8-7-9-23-56)36-45-86(81)95(88)60-39-42-72-68-28-12-10-24-64(68)66-26-14-16-30-70(66)76(72)51-60/h7-55H,1-6H3. The van der Waals surface area contributed by atoms with Crippen molar-refractivity contribution in [2.45, 2.75) is 52.4 Å². The molecule has 4 heterocycles. The van der Waals surface area contributed by atoms with E-state index in [0.29, 0.717) is 0 Å². The first-order valence-corrected chi connectivity index (χ1v) is 34.3. The smallest absolute Gasteiger partial charge is 0.252 e. The summed E-state index contributed by atoms with van der Waals surface area (Å²) < 4.78 is 5.08. The van der Waals surface area contributed by atoms with Crippen LogP contribution in [0.4, 0.5) is 34.1 Å². The van der Waals surface area contributed by atoms with Gasteiger partial charge in [0.1, 0.15) is 0 Å². The molecule has 16 aromatic carbocycles. The van der Waals surface area contributed by atoms with Crippen molar-refractivity contribution in [2.24, 2.45) is 0 Å². The van der Waals surface area contributed by atoms with E-state index in [0.717, 1.165) is 45.5 Å². The van der Waals surface area contributed by atoms with Crippen LogP contribution in [0.3, 0.4) is 0 Å². The fourth-order valence-electron chi connectivity index (χ4n) is 17.1. The Hall–Kier alpha value is -11.7. The van der Waals surface area contributed by atoms with Crippen molar-refractivity contribution in [1.29, 1.82) is 0 Å². The van der Waals surface area contributed by atoms with E-state index in [1.807, 2.05) is 0 Å². The molecule has 0 spiro atoms. The molecule has 0 saturated carbocycles. The molecular formula is C92H67BN4. The van der Waals surface area contributed by atoms with E-state index in [1.54, 1.807) is 0 Å². The largest absolute Gasteiger partial charge is 0.311 e. The quantitative estimate of drug-likeness (QED) is 0.126. The molecule has 97 heavy (non-hydrogen) atoms. The number of benzene rings is 16. The van der Waals surface area contributed by atoms with Gasteiger partial charge >= 0.3 is 0 Å². The highest BCUT2D eigenvalue weighted by molar-refractivity contribution is 7.00. The van der Waals surface area contributed by atoms with Crippen LogP contribution in [-0.4, -0.2) is 15.8 Å². The topological polar surface area (TPSA) is 16.3 Å². The fourth-order valence-corrected chi connectivity index (χ4v) is 17.1. The van der Waals surface area contributed by atoms with Crippen LogP contribution in [0.25, 0.3) is 131 Å². The maximum atomic E-state index is 2.66. The average Bonchev–Trinajstić information content (AvgIpc) is 1.70. The van der Waals surface area contributed by atoms with E-state index in [4.69, 9.17) is 0 Å². The second-order valence-electron chi connectivity index (χ2n) is 29.2. The highest BCUT2D eigenvalue weighted by Crippen LogP contribution is 2.51. The van der Waals surface area contributed by atoms with Crippen LogP contribution in [0.1, 0.15) is 52.7 Å². The molecule has 5 heteroatoms. The molecular weight excluding hydrogens is 1170 g/mol. The van der Waals surface area contributed by atoms with Crippen LogP contribution in [0.15, 0.2) is 297 Å². The van der Waals surface area contributed by atoms with Crippen molar-refractivity contribution in [3.63, 3.8) is 0 Å². The molecule has 0 saturated heterocycles. The minimum Gasteiger partial charge on any atom is -0.311 e. The second kappa shape index (κ2) is 20.4. The zero-order valence-electron chi connectivity index (χ0n) is 55.2. The number of hydrogen-bond acceptors (Lipinski definition) is 2. The van der Waals surface area contributed by atoms with Crippen molar-refractivity contribution in [3.8, 4) is 22.5 Å². The van der Waals surface area contributed by atoms with Gasteiger partial charge in [0.05, 0.1) is 27.8 Å². The first-order valence-electron chi connectivity index (χ1n) is 34.3. The zero-order valence-corrected chi connectivity index (χ0v) is 55.2. The van der Waals surface area contributed by atoms with E-state index in [-0.39, 0.29) is 17.5 Å². The second-order valence-corrected chi connectivity index (χ2v) is 29.2. The summed E-state index contributed by atoms with van der Waals surface area (Å²) in [5.41, 5.74) is 22.3. The van der Waals surface area contributed by atoms with E-state index < -0.39 is 0 Å². The van der Waals surface area contributed by atoms with Gasteiger partial charge in [-0.3, -0.25) is 0 Å². The van der Waals surface area contributed by atoms with Gasteiger partial charge < -0.3 is 18.9 Å². The minimum absolute atomic E-state index is 0.0650. The van der Waals surface area contributed by atoms with Crippen molar-refractivity contribution in [2.75, 3.05) is 9.80 Å². The molecule has 0 aliphatic carbocycles. The molecule has 2 aliphatic heterocycles. The van der Waals surface area contributed by atoms with Crippen molar-refractivity contribution in [1.82, 2.24) is 9.13 Å². The van der Waals surface area contributed by atoms with Crippen LogP contribution in [0.5, 0.6) is 0 Å². The molecule has 0 unspecified atom stereocenters. The van der Waals surface area contributed by atoms with E-state index in [2.05, 4.69) is 358 Å². The molecule has 0 radical (unpaired) electrons. The van der Waals surface area contributed by atoms with Gasteiger partial charge in [-0.2, -0.15) is 0 Å². The number of para-hydroxylation sites is 2. The third-order valence-corrected chi connectivity index (χ3v) is 21.7. The first kappa shape index (κ1) is 55.8. The summed E-state index contributed by atoms with van der Waals surface area (Å²) in [4.78, 5) is 5.29. The van der Waals surface area contributed by atoms with Gasteiger partial charge in [-0.05, 0) is 205 Å². The number of fused-ring (bicyclic) bond motifs is 22. The minimum atomic E-state index is -0.190. The zero-order chi connectivity index (χ0) is 64.7. The lowest BCUT2D eigenvalue weighted by molar-refractivity contribution is 0.590. The van der Waals surface area contributed by atoms with Crippen LogP contribution in [0.2, 0.25) is 0 Å². The summed E-state index contributed by atoms with van der Waals surface area (Å²) in [5, 5.41) is 20.0. The lowest BCUT2D eigenvalue weighted by Gasteiger charge is -2.45. The Morgan fingerprint density at radius 1 is 0.227 bits per heavy atom. The van der Waals surface area contributed by atoms with Gasteiger partial charge in [-0.1, -0.05) is 248 Å². The number of aromatic nitrogens is 2. The van der Waals surface area contributed by atoms with Crippen LogP contribution in [0, 0.1) is 0 Å². The van der Waals surface area contributed by atoms with Crippen molar-refractivity contribution >= 4 is 165 Å². The SMILES string of the molecule is CC(C)(C)c1ccc2c(c1)c1cc(C(C)(C)C)ccc1n2-c1cc2c3c(c1)N(c1ccc4c5ccccc5c5ccccc5c4c1)c1cc(-n4c5ccccc5c5ccccc54)ccc1B3c1cc(-c3ccccc3)ccc1N2c1ccc2c3ccccc3c3ccccc3c2c1. The summed E-state index contributed by atoms with van der Waals surface area (Å²) in [6.45, 7) is 13.8. The van der Waals surface area contributed by atoms with E-state index >= 15 is 0 Å². The number of hydrogen-bond donors (Lipinski definition) is 0. The molecule has 2 aliphatic rings. The third kappa shape index (κ3) is 8.18. The van der Waals surface area contributed by atoms with Crippen LogP contribution in [-0.2, 0) is 10.8 Å². The van der Waals surface area contributed by atoms with Crippen molar-refractivity contribution in [3.05, 3.63) is 308 Å². The molecule has 458 valence electrons. The van der Waals surface area contributed by atoms with Gasteiger partial charge in [0.2, 0.25) is 0 Å². The molecule has 0 atom stereocenters. The fraction of sp³-hybridized carbons (Fsp3) is 0.0870. The Balaban J connectivity index is 0.953. The summed E-state index contributed by atoms with van der Waals surface area (Å²) in [5.74, 6) is 0. The summed E-state index contributed by atoms with van der Waals surface area (Å²) in [6, 6.07) is 114. The monoisotopic (exact) mass is 1240 g/mol. The number of anilines is 6. The lowest BCUT2D eigenvalue weighted by Crippen LogP contribution is -2.61. The highest BCUT2D eigenvalue weighted by atomic mass is 15.2. The average molecular weight is 1240 g/mol. The number of nitrogens with zero attached hydrogens (tertiary/aromatic N) is 4. The predicted molar refractivity (Wildman–Crippen MR) is 417 cm³/mol. The molecule has 0 amide bonds. The van der Waals surface area contributed by atoms with Gasteiger partial charge in [-0.15, -0.1) is 0 Å². The number of rotatable bonds is 5. The third-order valence-electron chi connectivity index (χ3n) is 21.7. The molecule has 20 rings (SSSR count). The highest BCUT2D eigenvalue weighted by Gasteiger charge is 2.45. The van der Waals surface area contributed by atoms with Crippen molar-refractivity contribution < 1.29 is 0 Å². The molecule has 0 fully saturated rings. The Bertz CT molecular complexity index is 6240. The molecule has 0 bridgehead atoms. The molecule has 4 nitrogen and oxygen atoms in total. The van der Waals surface area contributed by atoms with Gasteiger partial charge in [0.25, 0.3) is 6.71 Å². The first-order chi connectivity index (χ1) is 47.4. The molecule has 2 aromatic heterocycles. The summed E-state index contributed by atoms with van der Waals surface area (Å²) in [7, 11) is 0. The van der Waals surface area contributed by atoms with E-state index in [1.165, 1.54) is 147 Å². The Labute approximate surface area is 564 Å². The Morgan fingerprint density at radius 3 is 1.08 bits per heavy atom. The normalized spacial score (nSPS) is 13.2. The Morgan fingerprint density at radius 2 is 0.608 bits per heavy atom. The predicted octanol–water partition coefficient (Wildman–Crippen LogP) is 23.1.